The summed E-state index contributed by atoms with van der Waals surface area (Å²) in [6.45, 7) is 4.56. The second-order valence-corrected chi connectivity index (χ2v) is 4.70. The van der Waals surface area contributed by atoms with Crippen LogP contribution in [0.25, 0.3) is 0 Å². The first-order chi connectivity index (χ1) is 5.99. The molecule has 0 unspecified atom stereocenters. The van der Waals surface area contributed by atoms with E-state index in [-0.39, 0.29) is 0 Å². The molecule has 0 aliphatic heterocycles. The first kappa shape index (κ1) is 10.3. The highest BCUT2D eigenvalue weighted by atomic mass is 16.4. The average molecular weight is 182 g/mol. The van der Waals surface area contributed by atoms with Gasteiger partial charge >= 0.3 is 5.97 Å². The van der Waals surface area contributed by atoms with E-state index in [9.17, 15) is 4.79 Å². The Hall–Kier alpha value is -0.790. The molecule has 1 saturated carbocycles. The minimum absolute atomic E-state index is 0.466. The highest BCUT2D eigenvalue weighted by Crippen LogP contribution is 2.38. The molecular formula is C11H18O2. The number of hydrogen-bond donors (Lipinski definition) is 1. The van der Waals surface area contributed by atoms with Crippen LogP contribution in [-0.4, -0.2) is 11.1 Å². The van der Waals surface area contributed by atoms with Gasteiger partial charge in [0, 0.05) is 6.08 Å². The summed E-state index contributed by atoms with van der Waals surface area (Å²) in [5, 5.41) is 8.46. The van der Waals surface area contributed by atoms with Crippen molar-refractivity contribution >= 4 is 5.97 Å². The lowest BCUT2D eigenvalue weighted by Crippen LogP contribution is -2.20. The maximum atomic E-state index is 10.3. The quantitative estimate of drug-likeness (QED) is 0.667. The van der Waals surface area contributed by atoms with E-state index in [0.29, 0.717) is 11.3 Å². The van der Waals surface area contributed by atoms with Crippen LogP contribution in [0, 0.1) is 11.3 Å². The van der Waals surface area contributed by atoms with Crippen molar-refractivity contribution in [3.63, 3.8) is 0 Å². The summed E-state index contributed by atoms with van der Waals surface area (Å²) in [6, 6.07) is 0. The van der Waals surface area contributed by atoms with Crippen molar-refractivity contribution in [1.82, 2.24) is 0 Å². The minimum atomic E-state index is -0.829. The van der Waals surface area contributed by atoms with Crippen LogP contribution in [0.15, 0.2) is 12.2 Å². The zero-order chi connectivity index (χ0) is 9.90. The molecule has 0 atom stereocenters. The lowest BCUT2D eigenvalue weighted by molar-refractivity contribution is -0.131. The molecule has 0 radical (unpaired) electrons. The van der Waals surface area contributed by atoms with E-state index >= 15 is 0 Å². The van der Waals surface area contributed by atoms with Gasteiger partial charge in [-0.15, -0.1) is 0 Å². The predicted octanol–water partition coefficient (Wildman–Crippen LogP) is 2.84. The Morgan fingerprint density at radius 2 is 1.92 bits per heavy atom. The largest absolute Gasteiger partial charge is 0.478 e. The Balaban J connectivity index is 2.37. The Morgan fingerprint density at radius 3 is 2.38 bits per heavy atom. The normalized spacial score (nSPS) is 23.5. The van der Waals surface area contributed by atoms with E-state index < -0.39 is 5.97 Å². The standard InChI is InChI=1S/C11H18O2/c1-11(2)7-5-9(6-8-11)3-4-10(12)13/h3-4,9H,5-8H2,1-2H3,(H,12,13)/b4-3+. The van der Waals surface area contributed by atoms with Crippen molar-refractivity contribution in [2.75, 3.05) is 0 Å². The van der Waals surface area contributed by atoms with E-state index in [1.165, 1.54) is 18.9 Å². The number of aliphatic carboxylic acids is 1. The van der Waals surface area contributed by atoms with Gasteiger partial charge in [-0.1, -0.05) is 19.9 Å². The molecule has 2 heteroatoms. The van der Waals surface area contributed by atoms with Crippen LogP contribution in [0.3, 0.4) is 0 Å². The molecule has 0 heterocycles. The molecule has 0 aromatic heterocycles. The monoisotopic (exact) mass is 182 g/mol. The molecule has 13 heavy (non-hydrogen) atoms. The zero-order valence-corrected chi connectivity index (χ0v) is 8.42. The van der Waals surface area contributed by atoms with Crippen molar-refractivity contribution < 1.29 is 9.90 Å². The molecule has 74 valence electrons. The fourth-order valence-corrected chi connectivity index (χ4v) is 1.83. The van der Waals surface area contributed by atoms with Crippen LogP contribution in [0.2, 0.25) is 0 Å². The number of rotatable bonds is 2. The van der Waals surface area contributed by atoms with Crippen LogP contribution in [0.4, 0.5) is 0 Å². The van der Waals surface area contributed by atoms with Crippen molar-refractivity contribution in [1.29, 1.82) is 0 Å². The fraction of sp³-hybridized carbons (Fsp3) is 0.727. The molecule has 0 aromatic carbocycles. The molecular weight excluding hydrogens is 164 g/mol. The Kier molecular flexibility index (Phi) is 3.12. The Labute approximate surface area is 79.6 Å². The number of allylic oxidation sites excluding steroid dienone is 1. The molecule has 2 nitrogen and oxygen atoms in total. The second-order valence-electron chi connectivity index (χ2n) is 4.70. The topological polar surface area (TPSA) is 37.3 Å². The lowest BCUT2D eigenvalue weighted by atomic mass is 9.73. The van der Waals surface area contributed by atoms with E-state index in [1.807, 2.05) is 6.08 Å². The molecule has 1 rings (SSSR count). The average Bonchev–Trinajstić information content (AvgIpc) is 2.02. The molecule has 0 aromatic rings. The summed E-state index contributed by atoms with van der Waals surface area (Å²) < 4.78 is 0. The first-order valence-electron chi connectivity index (χ1n) is 4.91. The maximum Gasteiger partial charge on any atom is 0.327 e. The van der Waals surface area contributed by atoms with Gasteiger partial charge in [0.1, 0.15) is 0 Å². The van der Waals surface area contributed by atoms with E-state index in [2.05, 4.69) is 13.8 Å². The summed E-state index contributed by atoms with van der Waals surface area (Å²) in [5.74, 6) is -0.339. The fourth-order valence-electron chi connectivity index (χ4n) is 1.83. The smallest absolute Gasteiger partial charge is 0.327 e. The van der Waals surface area contributed by atoms with Crippen LogP contribution in [0.5, 0.6) is 0 Å². The molecule has 0 bridgehead atoms. The van der Waals surface area contributed by atoms with Gasteiger partial charge in [-0.25, -0.2) is 4.79 Å². The zero-order valence-electron chi connectivity index (χ0n) is 8.42. The molecule has 1 aliphatic rings. The molecule has 0 spiro atoms. The highest BCUT2D eigenvalue weighted by molar-refractivity contribution is 5.79. The van der Waals surface area contributed by atoms with Crippen molar-refractivity contribution in [3.8, 4) is 0 Å². The summed E-state index contributed by atoms with van der Waals surface area (Å²) in [4.78, 5) is 10.3. The highest BCUT2D eigenvalue weighted by Gasteiger charge is 2.25. The van der Waals surface area contributed by atoms with Crippen LogP contribution in [-0.2, 0) is 4.79 Å². The number of hydrogen-bond acceptors (Lipinski definition) is 1. The van der Waals surface area contributed by atoms with Crippen molar-refractivity contribution in [3.05, 3.63) is 12.2 Å². The van der Waals surface area contributed by atoms with Gasteiger partial charge in [-0.2, -0.15) is 0 Å². The van der Waals surface area contributed by atoms with Gasteiger partial charge in [0.05, 0.1) is 0 Å². The summed E-state index contributed by atoms with van der Waals surface area (Å²) >= 11 is 0. The van der Waals surface area contributed by atoms with E-state index in [0.717, 1.165) is 12.8 Å². The second kappa shape index (κ2) is 3.95. The van der Waals surface area contributed by atoms with Crippen LogP contribution in [0.1, 0.15) is 39.5 Å². The van der Waals surface area contributed by atoms with E-state index in [4.69, 9.17) is 5.11 Å². The summed E-state index contributed by atoms with van der Waals surface area (Å²) in [7, 11) is 0. The third-order valence-electron chi connectivity index (χ3n) is 2.89. The van der Waals surface area contributed by atoms with Crippen LogP contribution < -0.4 is 0 Å². The molecule has 1 N–H and O–H groups in total. The third-order valence-corrected chi connectivity index (χ3v) is 2.89. The third kappa shape index (κ3) is 3.62. The molecule has 1 fully saturated rings. The van der Waals surface area contributed by atoms with E-state index in [1.54, 1.807) is 0 Å². The molecule has 1 aliphatic carbocycles. The van der Waals surface area contributed by atoms with Gasteiger partial charge in [0.2, 0.25) is 0 Å². The maximum absolute atomic E-state index is 10.3. The van der Waals surface area contributed by atoms with Gasteiger partial charge in [0.15, 0.2) is 0 Å². The predicted molar refractivity (Wildman–Crippen MR) is 52.5 cm³/mol. The number of carboxylic acids is 1. The van der Waals surface area contributed by atoms with Gasteiger partial charge in [0.25, 0.3) is 0 Å². The number of carboxylic acid groups (broad SMARTS) is 1. The summed E-state index contributed by atoms with van der Waals surface area (Å²) in [5.41, 5.74) is 0.466. The lowest BCUT2D eigenvalue weighted by Gasteiger charge is -2.32. The molecule has 0 amide bonds. The van der Waals surface area contributed by atoms with Crippen molar-refractivity contribution in [2.45, 2.75) is 39.5 Å². The van der Waals surface area contributed by atoms with Crippen molar-refractivity contribution in [2.24, 2.45) is 11.3 Å². The minimum Gasteiger partial charge on any atom is -0.478 e. The first-order valence-corrected chi connectivity index (χ1v) is 4.91. The van der Waals surface area contributed by atoms with Gasteiger partial charge < -0.3 is 5.11 Å². The number of carbonyl (C=O) groups is 1. The van der Waals surface area contributed by atoms with Crippen LogP contribution >= 0.6 is 0 Å². The molecule has 0 saturated heterocycles. The van der Waals surface area contributed by atoms with Gasteiger partial charge in [-0.05, 0) is 37.0 Å². The Bertz CT molecular complexity index is 206. The Morgan fingerprint density at radius 1 is 1.38 bits per heavy atom. The summed E-state index contributed by atoms with van der Waals surface area (Å²) in [6.07, 6.45) is 7.82. The SMILES string of the molecule is CC1(C)CCC(/C=C/C(=O)O)CC1. The van der Waals surface area contributed by atoms with Gasteiger partial charge in [-0.3, -0.25) is 0 Å².